The summed E-state index contributed by atoms with van der Waals surface area (Å²) in [5.74, 6) is 0. The minimum absolute atomic E-state index is 0.166. The Morgan fingerprint density at radius 1 is 1.71 bits per heavy atom. The van der Waals surface area contributed by atoms with Gasteiger partial charge >= 0.3 is 0 Å². The fourth-order valence-corrected chi connectivity index (χ4v) is 2.95. The third kappa shape index (κ3) is 3.03. The largest absolute Gasteiger partial charge is 0.395 e. The van der Waals surface area contributed by atoms with Crippen LogP contribution >= 0.6 is 27.3 Å². The van der Waals surface area contributed by atoms with E-state index in [1.165, 1.54) is 4.88 Å². The van der Waals surface area contributed by atoms with Crippen LogP contribution in [-0.2, 0) is 0 Å². The maximum Gasteiger partial charge on any atom is 0.0563 e. The molecule has 0 radical (unpaired) electrons. The van der Waals surface area contributed by atoms with Crippen LogP contribution in [0.25, 0.3) is 0 Å². The van der Waals surface area contributed by atoms with Crippen molar-refractivity contribution < 1.29 is 5.11 Å². The molecular weight excluding hydrogens is 264 g/mol. The molecule has 80 valence electrons. The number of hydrogen-bond acceptors (Lipinski definition) is 4. The molecule has 3 N–H and O–H groups in total. The summed E-state index contributed by atoms with van der Waals surface area (Å²) in [5.41, 5.74) is 5.71. The lowest BCUT2D eigenvalue weighted by atomic mass is 10.2. The molecular formula is C9H15BrN2OS. The lowest BCUT2D eigenvalue weighted by molar-refractivity contribution is 0.185. The summed E-state index contributed by atoms with van der Waals surface area (Å²) in [6, 6.07) is 2.29. The molecule has 5 heteroatoms. The Bertz CT molecular complexity index is 280. The lowest BCUT2D eigenvalue weighted by Gasteiger charge is -2.24. The van der Waals surface area contributed by atoms with E-state index in [9.17, 15) is 0 Å². The number of nitrogens with two attached hydrogens (primary N) is 1. The quantitative estimate of drug-likeness (QED) is 0.857. The van der Waals surface area contributed by atoms with Gasteiger partial charge in [0.15, 0.2) is 0 Å². The van der Waals surface area contributed by atoms with Crippen LogP contribution in [0.4, 0.5) is 0 Å². The van der Waals surface area contributed by atoms with E-state index >= 15 is 0 Å². The average Bonchev–Trinajstić information content (AvgIpc) is 2.54. The van der Waals surface area contributed by atoms with Gasteiger partial charge in [0.2, 0.25) is 0 Å². The second kappa shape index (κ2) is 5.82. The summed E-state index contributed by atoms with van der Waals surface area (Å²) in [6.07, 6.45) is 0. The van der Waals surface area contributed by atoms with Gasteiger partial charge < -0.3 is 10.8 Å². The molecule has 1 rings (SSSR count). The zero-order chi connectivity index (χ0) is 10.6. The van der Waals surface area contributed by atoms with Crippen molar-refractivity contribution in [1.29, 1.82) is 0 Å². The number of aliphatic hydroxyl groups excluding tert-OH is 1. The second-order valence-electron chi connectivity index (χ2n) is 3.12. The molecule has 1 unspecified atom stereocenters. The standard InChI is InChI=1S/C9H15BrN2OS/c1-12(2-3-13)8(5-11)9-4-7(10)6-14-9/h4,6,8,13H,2-3,5,11H2,1H3. The minimum atomic E-state index is 0.166. The normalized spacial score (nSPS) is 13.5. The van der Waals surface area contributed by atoms with Crippen LogP contribution in [0.1, 0.15) is 10.9 Å². The summed E-state index contributed by atoms with van der Waals surface area (Å²) in [6.45, 7) is 1.39. The van der Waals surface area contributed by atoms with Crippen molar-refractivity contribution in [1.82, 2.24) is 4.90 Å². The van der Waals surface area contributed by atoms with Crippen LogP contribution in [0.3, 0.4) is 0 Å². The van der Waals surface area contributed by atoms with Gasteiger partial charge in [0.05, 0.1) is 12.6 Å². The van der Waals surface area contributed by atoms with Gasteiger partial charge in [0.25, 0.3) is 0 Å². The van der Waals surface area contributed by atoms with Crippen LogP contribution in [0, 0.1) is 0 Å². The molecule has 0 saturated heterocycles. The zero-order valence-electron chi connectivity index (χ0n) is 8.11. The van der Waals surface area contributed by atoms with Crippen molar-refractivity contribution in [3.63, 3.8) is 0 Å². The van der Waals surface area contributed by atoms with E-state index in [1.807, 2.05) is 12.4 Å². The van der Waals surface area contributed by atoms with Crippen LogP contribution in [0.15, 0.2) is 15.9 Å². The van der Waals surface area contributed by atoms with Gasteiger partial charge in [-0.1, -0.05) is 0 Å². The number of likely N-dealkylation sites (N-methyl/N-ethyl adjacent to an activating group) is 1. The molecule has 0 aliphatic rings. The van der Waals surface area contributed by atoms with Gasteiger partial charge in [-0.15, -0.1) is 11.3 Å². The number of aliphatic hydroxyl groups is 1. The van der Waals surface area contributed by atoms with Gasteiger partial charge in [-0.2, -0.15) is 0 Å². The molecule has 0 aliphatic carbocycles. The topological polar surface area (TPSA) is 49.5 Å². The van der Waals surface area contributed by atoms with E-state index in [-0.39, 0.29) is 12.6 Å². The van der Waals surface area contributed by atoms with Gasteiger partial charge in [0.1, 0.15) is 0 Å². The highest BCUT2D eigenvalue weighted by Crippen LogP contribution is 2.27. The highest BCUT2D eigenvalue weighted by Gasteiger charge is 2.16. The van der Waals surface area contributed by atoms with Gasteiger partial charge in [-0.3, -0.25) is 4.90 Å². The van der Waals surface area contributed by atoms with E-state index < -0.39 is 0 Å². The number of halogens is 1. The lowest BCUT2D eigenvalue weighted by Crippen LogP contribution is -2.32. The predicted molar refractivity (Wildman–Crippen MR) is 63.5 cm³/mol. The third-order valence-electron chi connectivity index (χ3n) is 2.12. The Hall–Kier alpha value is 0.0600. The Morgan fingerprint density at radius 2 is 2.43 bits per heavy atom. The Labute approximate surface area is 96.7 Å². The van der Waals surface area contributed by atoms with Crippen LogP contribution < -0.4 is 5.73 Å². The summed E-state index contributed by atoms with van der Waals surface area (Å²) in [4.78, 5) is 3.30. The summed E-state index contributed by atoms with van der Waals surface area (Å²) in [7, 11) is 1.97. The van der Waals surface area contributed by atoms with E-state index in [1.54, 1.807) is 11.3 Å². The first kappa shape index (κ1) is 12.1. The summed E-state index contributed by atoms with van der Waals surface area (Å²) < 4.78 is 1.09. The van der Waals surface area contributed by atoms with Crippen LogP contribution in [-0.4, -0.2) is 36.8 Å². The van der Waals surface area contributed by atoms with Gasteiger partial charge in [0, 0.05) is 27.8 Å². The minimum Gasteiger partial charge on any atom is -0.395 e. The fraction of sp³-hybridized carbons (Fsp3) is 0.556. The molecule has 0 bridgehead atoms. The molecule has 0 amide bonds. The molecule has 1 heterocycles. The second-order valence-corrected chi connectivity index (χ2v) is 4.98. The van der Waals surface area contributed by atoms with Crippen LogP contribution in [0.5, 0.6) is 0 Å². The van der Waals surface area contributed by atoms with E-state index in [0.717, 1.165) is 4.47 Å². The first-order valence-corrected chi connectivity index (χ1v) is 6.11. The number of nitrogens with zero attached hydrogens (tertiary/aromatic N) is 1. The summed E-state index contributed by atoms with van der Waals surface area (Å²) in [5, 5.41) is 10.9. The average molecular weight is 279 g/mol. The SMILES string of the molecule is CN(CCO)C(CN)c1cc(Br)cs1. The molecule has 0 saturated carbocycles. The Morgan fingerprint density at radius 3 is 2.86 bits per heavy atom. The molecule has 1 aromatic heterocycles. The highest BCUT2D eigenvalue weighted by molar-refractivity contribution is 9.10. The van der Waals surface area contributed by atoms with Crippen LogP contribution in [0.2, 0.25) is 0 Å². The number of thiophene rings is 1. The molecule has 0 fully saturated rings. The monoisotopic (exact) mass is 278 g/mol. The molecule has 1 aromatic rings. The maximum absolute atomic E-state index is 8.84. The van der Waals surface area contributed by atoms with E-state index in [4.69, 9.17) is 10.8 Å². The number of hydrogen-bond donors (Lipinski definition) is 2. The van der Waals surface area contributed by atoms with Crippen molar-refractivity contribution in [2.24, 2.45) is 5.73 Å². The fourth-order valence-electron chi connectivity index (χ4n) is 1.33. The van der Waals surface area contributed by atoms with E-state index in [2.05, 4.69) is 26.9 Å². The highest BCUT2D eigenvalue weighted by atomic mass is 79.9. The molecule has 3 nitrogen and oxygen atoms in total. The molecule has 1 atom stereocenters. The maximum atomic E-state index is 8.84. The third-order valence-corrected chi connectivity index (χ3v) is 3.92. The van der Waals surface area contributed by atoms with Gasteiger partial charge in [-0.25, -0.2) is 0 Å². The van der Waals surface area contributed by atoms with Crippen molar-refractivity contribution >= 4 is 27.3 Å². The molecule has 0 aromatic carbocycles. The number of rotatable bonds is 5. The first-order valence-electron chi connectivity index (χ1n) is 4.44. The predicted octanol–water partition coefficient (Wildman–Crippen LogP) is 1.43. The van der Waals surface area contributed by atoms with E-state index in [0.29, 0.717) is 13.1 Å². The van der Waals surface area contributed by atoms with Crippen molar-refractivity contribution in [2.45, 2.75) is 6.04 Å². The van der Waals surface area contributed by atoms with Gasteiger partial charge in [-0.05, 0) is 29.0 Å². The van der Waals surface area contributed by atoms with Crippen molar-refractivity contribution in [2.75, 3.05) is 26.7 Å². The van der Waals surface area contributed by atoms with Crippen molar-refractivity contribution in [3.8, 4) is 0 Å². The Kier molecular flexibility index (Phi) is 5.05. The molecule has 14 heavy (non-hydrogen) atoms. The summed E-state index contributed by atoms with van der Waals surface area (Å²) >= 11 is 5.11. The molecule has 0 aliphatic heterocycles. The van der Waals surface area contributed by atoms with Crippen molar-refractivity contribution in [3.05, 3.63) is 20.8 Å². The zero-order valence-corrected chi connectivity index (χ0v) is 10.5. The Balaban J connectivity index is 2.71. The molecule has 0 spiro atoms. The smallest absolute Gasteiger partial charge is 0.0563 e. The first-order chi connectivity index (χ1) is 6.69.